The topological polar surface area (TPSA) is 39.4 Å². The quantitative estimate of drug-likeness (QED) is 0.171. The summed E-state index contributed by atoms with van der Waals surface area (Å²) in [5, 5.41) is 2.64. The molecule has 3 aromatic rings. The molecule has 2 heterocycles. The Morgan fingerprint density at radius 1 is 1.09 bits per heavy atom. The van der Waals surface area contributed by atoms with Gasteiger partial charge in [-0.1, -0.05) is 64.9 Å². The number of fused-ring (bicyclic) bond motifs is 1. The van der Waals surface area contributed by atoms with Gasteiger partial charge in [0.05, 0.1) is 11.6 Å². The van der Waals surface area contributed by atoms with Crippen LogP contribution in [0.25, 0.3) is 10.1 Å². The summed E-state index contributed by atoms with van der Waals surface area (Å²) >= 11 is 1.91. The second kappa shape index (κ2) is 10.4. The Hall–Kier alpha value is -1.85. The fraction of sp³-hybridized carbons (Fsp3) is 0.519. The van der Waals surface area contributed by atoms with Crippen molar-refractivity contribution in [1.82, 2.24) is 0 Å². The maximum atomic E-state index is 11.7. The molecule has 0 bridgehead atoms. The van der Waals surface area contributed by atoms with Crippen molar-refractivity contribution in [2.75, 3.05) is 0 Å². The van der Waals surface area contributed by atoms with Gasteiger partial charge in [-0.3, -0.25) is 4.79 Å². The van der Waals surface area contributed by atoms with Crippen LogP contribution in [0, 0.1) is 0 Å². The average Bonchev–Trinajstić information content (AvgIpc) is 3.35. The summed E-state index contributed by atoms with van der Waals surface area (Å²) in [7, 11) is -1.75. The molecule has 0 spiro atoms. The van der Waals surface area contributed by atoms with Crippen LogP contribution in [0.5, 0.6) is 0 Å². The van der Waals surface area contributed by atoms with Crippen molar-refractivity contribution < 1.29 is 13.9 Å². The van der Waals surface area contributed by atoms with E-state index in [0.717, 1.165) is 36.6 Å². The molecule has 0 aliphatic heterocycles. The highest BCUT2D eigenvalue weighted by molar-refractivity contribution is 7.19. The molecule has 1 atom stereocenters. The third kappa shape index (κ3) is 6.14. The first-order valence-corrected chi connectivity index (χ1v) is 15.6. The van der Waals surface area contributed by atoms with Crippen molar-refractivity contribution in [2.45, 2.75) is 90.5 Å². The van der Waals surface area contributed by atoms with E-state index < -0.39 is 8.07 Å². The van der Waals surface area contributed by atoms with Crippen LogP contribution in [0.1, 0.15) is 76.3 Å². The summed E-state index contributed by atoms with van der Waals surface area (Å²) in [6.45, 7) is 13.0. The van der Waals surface area contributed by atoms with Crippen LogP contribution in [0.3, 0.4) is 0 Å². The SMILES string of the molecule is CC(=O)OC(CCCCCCc1cc2ccccc2s1)c1coc([Si](C)(C)C(C)(C)C)c1. The molecule has 32 heavy (non-hydrogen) atoms. The fourth-order valence-corrected chi connectivity index (χ4v) is 6.58. The number of unbranched alkanes of at least 4 members (excludes halogenated alkanes) is 3. The molecule has 2 aromatic heterocycles. The molecule has 3 rings (SSSR count). The van der Waals surface area contributed by atoms with E-state index in [2.05, 4.69) is 70.3 Å². The lowest BCUT2D eigenvalue weighted by Gasteiger charge is -2.34. The van der Waals surface area contributed by atoms with E-state index in [-0.39, 0.29) is 17.1 Å². The number of carbonyl (C=O) groups is 1. The standard InChI is InChI=1S/C27H38O3SSi/c1-20(28)30-24(22-18-26(29-19-22)32(5,6)27(2,3)4)15-10-8-7-9-14-23-17-21-13-11-12-16-25(21)31-23/h11-13,16-19,24H,7-10,14-15H2,1-6H3. The maximum Gasteiger partial charge on any atom is 0.303 e. The van der Waals surface area contributed by atoms with Gasteiger partial charge in [0, 0.05) is 22.1 Å². The Labute approximate surface area is 198 Å². The summed E-state index contributed by atoms with van der Waals surface area (Å²) in [5.41, 5.74) is 1.00. The van der Waals surface area contributed by atoms with Gasteiger partial charge in [0.2, 0.25) is 0 Å². The Bertz CT molecular complexity index is 992. The Balaban J connectivity index is 1.50. The summed E-state index contributed by atoms with van der Waals surface area (Å²) in [6.07, 6.45) is 8.18. The molecule has 0 aliphatic carbocycles. The number of benzene rings is 1. The van der Waals surface area contributed by atoms with E-state index in [4.69, 9.17) is 9.15 Å². The smallest absolute Gasteiger partial charge is 0.303 e. The van der Waals surface area contributed by atoms with Crippen molar-refractivity contribution in [3.8, 4) is 0 Å². The number of rotatable bonds is 10. The van der Waals surface area contributed by atoms with Crippen molar-refractivity contribution in [2.24, 2.45) is 0 Å². The predicted molar refractivity (Wildman–Crippen MR) is 139 cm³/mol. The first-order chi connectivity index (χ1) is 15.1. The summed E-state index contributed by atoms with van der Waals surface area (Å²) in [6, 6.07) is 13.1. The molecule has 1 aromatic carbocycles. The molecule has 0 saturated carbocycles. The molecule has 174 valence electrons. The average molecular weight is 471 g/mol. The van der Waals surface area contributed by atoms with Crippen molar-refractivity contribution >= 4 is 40.8 Å². The van der Waals surface area contributed by atoms with Gasteiger partial charge < -0.3 is 9.15 Å². The second-order valence-corrected chi connectivity index (χ2v) is 16.8. The van der Waals surface area contributed by atoms with Gasteiger partial charge in [0.15, 0.2) is 0 Å². The van der Waals surface area contributed by atoms with Crippen LogP contribution < -0.4 is 5.38 Å². The number of thiophene rings is 1. The second-order valence-electron chi connectivity index (χ2n) is 10.4. The van der Waals surface area contributed by atoms with E-state index in [1.807, 2.05) is 17.6 Å². The molecule has 0 saturated heterocycles. The van der Waals surface area contributed by atoms with Gasteiger partial charge in [-0.15, -0.1) is 11.3 Å². The molecule has 0 fully saturated rings. The number of ether oxygens (including phenoxy) is 1. The zero-order valence-electron chi connectivity index (χ0n) is 20.5. The van der Waals surface area contributed by atoms with Gasteiger partial charge in [0.1, 0.15) is 14.2 Å². The number of aryl methyl sites for hydroxylation is 1. The third-order valence-corrected chi connectivity index (χ3v) is 13.3. The van der Waals surface area contributed by atoms with Gasteiger partial charge >= 0.3 is 5.97 Å². The molecule has 1 unspecified atom stereocenters. The van der Waals surface area contributed by atoms with Crippen LogP contribution in [0.2, 0.25) is 18.1 Å². The minimum atomic E-state index is -1.75. The van der Waals surface area contributed by atoms with E-state index >= 15 is 0 Å². The number of furan rings is 1. The van der Waals surface area contributed by atoms with Crippen LogP contribution in [0.15, 0.2) is 47.1 Å². The highest BCUT2D eigenvalue weighted by Gasteiger charge is 2.40. The number of carbonyl (C=O) groups excluding carboxylic acids is 1. The summed E-state index contributed by atoms with van der Waals surface area (Å²) in [5.74, 6) is -0.227. The first kappa shape index (κ1) is 24.8. The lowest BCUT2D eigenvalue weighted by atomic mass is 10.0. The number of esters is 1. The Kier molecular flexibility index (Phi) is 8.05. The van der Waals surface area contributed by atoms with Crippen molar-refractivity contribution in [1.29, 1.82) is 0 Å². The number of hydrogen-bond donors (Lipinski definition) is 0. The zero-order chi connectivity index (χ0) is 23.4. The van der Waals surface area contributed by atoms with Crippen molar-refractivity contribution in [3.63, 3.8) is 0 Å². The largest absolute Gasteiger partial charge is 0.474 e. The van der Waals surface area contributed by atoms with E-state index in [9.17, 15) is 4.79 Å². The minimum absolute atomic E-state index is 0.202. The van der Waals surface area contributed by atoms with E-state index in [1.54, 1.807) is 0 Å². The van der Waals surface area contributed by atoms with E-state index in [0.29, 0.717) is 0 Å². The Morgan fingerprint density at radius 3 is 2.50 bits per heavy atom. The van der Waals surface area contributed by atoms with Crippen LogP contribution in [-0.2, 0) is 16.0 Å². The molecule has 5 heteroatoms. The molecular formula is C27H38O3SSi. The monoisotopic (exact) mass is 470 g/mol. The van der Waals surface area contributed by atoms with Crippen LogP contribution >= 0.6 is 11.3 Å². The molecule has 0 radical (unpaired) electrons. The predicted octanol–water partition coefficient (Wildman–Crippen LogP) is 8.01. The molecule has 0 N–H and O–H groups in total. The Morgan fingerprint density at radius 2 is 1.81 bits per heavy atom. The summed E-state index contributed by atoms with van der Waals surface area (Å²) in [4.78, 5) is 13.2. The normalized spacial score (nSPS) is 13.4. The fourth-order valence-electron chi connectivity index (χ4n) is 3.85. The highest BCUT2D eigenvalue weighted by Crippen LogP contribution is 2.36. The molecule has 0 amide bonds. The summed E-state index contributed by atoms with van der Waals surface area (Å²) < 4.78 is 13.1. The zero-order valence-corrected chi connectivity index (χ0v) is 22.3. The molecule has 0 aliphatic rings. The van der Waals surface area contributed by atoms with E-state index in [1.165, 1.54) is 34.7 Å². The van der Waals surface area contributed by atoms with Gasteiger partial charge in [-0.05, 0) is 54.3 Å². The van der Waals surface area contributed by atoms with Gasteiger partial charge in [0.25, 0.3) is 0 Å². The molecular weight excluding hydrogens is 432 g/mol. The van der Waals surface area contributed by atoms with Gasteiger partial charge in [-0.25, -0.2) is 0 Å². The lowest BCUT2D eigenvalue weighted by Crippen LogP contribution is -2.48. The highest BCUT2D eigenvalue weighted by atomic mass is 32.1. The number of hydrogen-bond acceptors (Lipinski definition) is 4. The van der Waals surface area contributed by atoms with Crippen LogP contribution in [-0.4, -0.2) is 14.0 Å². The molecule has 3 nitrogen and oxygen atoms in total. The minimum Gasteiger partial charge on any atom is -0.474 e. The third-order valence-electron chi connectivity index (χ3n) is 6.91. The van der Waals surface area contributed by atoms with Gasteiger partial charge in [-0.2, -0.15) is 0 Å². The lowest BCUT2D eigenvalue weighted by molar-refractivity contribution is -0.147. The first-order valence-electron chi connectivity index (χ1n) is 11.8. The van der Waals surface area contributed by atoms with Crippen molar-refractivity contribution in [3.05, 3.63) is 53.1 Å². The van der Waals surface area contributed by atoms with Crippen LogP contribution in [0.4, 0.5) is 0 Å². The maximum absolute atomic E-state index is 11.7.